The average Bonchev–Trinajstić information content (AvgIpc) is 3.51. The number of benzene rings is 2. The third kappa shape index (κ3) is 3.32. The van der Waals surface area contributed by atoms with Crippen LogP contribution in [0.3, 0.4) is 0 Å². The van der Waals surface area contributed by atoms with Crippen molar-refractivity contribution < 1.29 is 28.8 Å². The Morgan fingerprint density at radius 3 is 2.33 bits per heavy atom. The number of allylic oxidation sites excluding steroid dienone is 2. The van der Waals surface area contributed by atoms with Crippen molar-refractivity contribution in [3.63, 3.8) is 0 Å². The number of rotatable bonds is 6. The van der Waals surface area contributed by atoms with E-state index >= 15 is 0 Å². The quantitative estimate of drug-likeness (QED) is 0.167. The van der Waals surface area contributed by atoms with Gasteiger partial charge in [0, 0.05) is 17.7 Å². The summed E-state index contributed by atoms with van der Waals surface area (Å²) >= 11 is 0. The molecule has 3 aliphatic rings. The standard InChI is InChI=1S/C24H18N2O7/c27-19(13-4-3-5-16(11-13)26(31)32)12-33-24(30)17-6-1-2-7-18(17)25-22(28)20-14-8-9-15(10-14)21(20)23(25)29/h1-9,11,14-15,20-21H,10,12H2. The molecule has 0 aromatic heterocycles. The highest BCUT2D eigenvalue weighted by atomic mass is 16.6. The number of para-hydroxylation sites is 1. The summed E-state index contributed by atoms with van der Waals surface area (Å²) in [5.74, 6) is -2.89. The van der Waals surface area contributed by atoms with E-state index in [-0.39, 0.29) is 46.2 Å². The summed E-state index contributed by atoms with van der Waals surface area (Å²) in [5, 5.41) is 10.9. The van der Waals surface area contributed by atoms with Crippen molar-refractivity contribution in [2.45, 2.75) is 6.42 Å². The number of ether oxygens (including phenoxy) is 1. The van der Waals surface area contributed by atoms with Crippen molar-refractivity contribution in [3.8, 4) is 0 Å². The molecular weight excluding hydrogens is 428 g/mol. The predicted octanol–water partition coefficient (Wildman–Crippen LogP) is 2.95. The molecule has 166 valence electrons. The van der Waals surface area contributed by atoms with Crippen molar-refractivity contribution in [1.29, 1.82) is 0 Å². The van der Waals surface area contributed by atoms with Crippen LogP contribution in [-0.4, -0.2) is 35.1 Å². The van der Waals surface area contributed by atoms with Gasteiger partial charge in [-0.2, -0.15) is 0 Å². The van der Waals surface area contributed by atoms with Gasteiger partial charge in [-0.1, -0.05) is 36.4 Å². The van der Waals surface area contributed by atoms with Crippen LogP contribution in [0.2, 0.25) is 0 Å². The number of nitro groups is 1. The van der Waals surface area contributed by atoms with Crippen molar-refractivity contribution in [1.82, 2.24) is 0 Å². The van der Waals surface area contributed by atoms with Crippen LogP contribution in [-0.2, 0) is 14.3 Å². The van der Waals surface area contributed by atoms with Crippen molar-refractivity contribution >= 4 is 34.9 Å². The number of nitrogens with zero attached hydrogens (tertiary/aromatic N) is 2. The van der Waals surface area contributed by atoms with Crippen LogP contribution in [0.5, 0.6) is 0 Å². The van der Waals surface area contributed by atoms with E-state index in [2.05, 4.69) is 0 Å². The molecule has 4 unspecified atom stereocenters. The van der Waals surface area contributed by atoms with Crippen molar-refractivity contribution in [2.75, 3.05) is 11.5 Å². The number of fused-ring (bicyclic) bond motifs is 5. The molecule has 0 N–H and O–H groups in total. The summed E-state index contributed by atoms with van der Waals surface area (Å²) in [7, 11) is 0. The van der Waals surface area contributed by atoms with E-state index in [1.807, 2.05) is 12.2 Å². The van der Waals surface area contributed by atoms with Gasteiger partial charge in [-0.15, -0.1) is 0 Å². The second-order valence-corrected chi connectivity index (χ2v) is 8.34. The van der Waals surface area contributed by atoms with Gasteiger partial charge >= 0.3 is 5.97 Å². The molecule has 0 spiro atoms. The van der Waals surface area contributed by atoms with E-state index in [1.54, 1.807) is 12.1 Å². The van der Waals surface area contributed by atoms with E-state index in [0.29, 0.717) is 0 Å². The number of amides is 2. The minimum atomic E-state index is -0.872. The number of imide groups is 1. The van der Waals surface area contributed by atoms with Gasteiger partial charge < -0.3 is 4.74 Å². The number of Topliss-reactive ketones (excluding diaryl/α,β-unsaturated/α-hetero) is 1. The molecular formula is C24H18N2O7. The Kier molecular flexibility index (Phi) is 4.88. The molecule has 1 heterocycles. The van der Waals surface area contributed by atoms with Crippen LogP contribution in [0.25, 0.3) is 0 Å². The molecule has 9 heteroatoms. The molecule has 0 radical (unpaired) electrons. The van der Waals surface area contributed by atoms with E-state index in [9.17, 15) is 29.3 Å². The van der Waals surface area contributed by atoms with Crippen LogP contribution in [0.4, 0.5) is 11.4 Å². The number of esters is 1. The van der Waals surface area contributed by atoms with Gasteiger partial charge in [0.1, 0.15) is 0 Å². The number of ketones is 1. The van der Waals surface area contributed by atoms with Gasteiger partial charge in [0.05, 0.1) is 28.0 Å². The number of carbonyl (C=O) groups excluding carboxylic acids is 4. The summed E-state index contributed by atoms with van der Waals surface area (Å²) in [6.45, 7) is -0.643. The van der Waals surface area contributed by atoms with Crippen molar-refractivity contribution in [2.24, 2.45) is 23.7 Å². The molecule has 1 saturated carbocycles. The normalized spacial score (nSPS) is 24.8. The van der Waals surface area contributed by atoms with Crippen LogP contribution in [0.15, 0.2) is 60.7 Å². The van der Waals surface area contributed by atoms with E-state index in [4.69, 9.17) is 4.74 Å². The lowest BCUT2D eigenvalue weighted by Gasteiger charge is -2.19. The second-order valence-electron chi connectivity index (χ2n) is 8.34. The first-order valence-electron chi connectivity index (χ1n) is 10.5. The summed E-state index contributed by atoms with van der Waals surface area (Å²) in [4.78, 5) is 62.7. The van der Waals surface area contributed by atoms with Gasteiger partial charge in [0.25, 0.3) is 5.69 Å². The molecule has 1 saturated heterocycles. The Balaban J connectivity index is 1.34. The average molecular weight is 446 g/mol. The first kappa shape index (κ1) is 20.7. The van der Waals surface area contributed by atoms with Gasteiger partial charge in [-0.3, -0.25) is 24.5 Å². The predicted molar refractivity (Wildman–Crippen MR) is 114 cm³/mol. The zero-order valence-corrected chi connectivity index (χ0v) is 17.2. The Labute approximate surface area is 187 Å². The van der Waals surface area contributed by atoms with Gasteiger partial charge in [0.15, 0.2) is 6.61 Å². The smallest absolute Gasteiger partial charge is 0.340 e. The lowest BCUT2D eigenvalue weighted by molar-refractivity contribution is -0.384. The third-order valence-electron chi connectivity index (χ3n) is 6.55. The Morgan fingerprint density at radius 2 is 1.67 bits per heavy atom. The highest BCUT2D eigenvalue weighted by Gasteiger charge is 2.59. The van der Waals surface area contributed by atoms with Crippen LogP contribution in [0.1, 0.15) is 27.1 Å². The minimum absolute atomic E-state index is 0.00804. The first-order valence-corrected chi connectivity index (χ1v) is 10.5. The Hall–Kier alpha value is -4.14. The monoisotopic (exact) mass is 446 g/mol. The largest absolute Gasteiger partial charge is 0.454 e. The SMILES string of the molecule is O=C(COC(=O)c1ccccc1N1C(=O)C2C3C=CC(C3)C2C1=O)c1cccc([N+](=O)[O-])c1. The van der Waals surface area contributed by atoms with Gasteiger partial charge in [0.2, 0.25) is 17.6 Å². The molecule has 5 rings (SSSR count). The van der Waals surface area contributed by atoms with E-state index in [1.165, 1.54) is 30.3 Å². The number of nitro benzene ring substituents is 1. The fraction of sp³-hybridized carbons (Fsp3) is 0.250. The highest BCUT2D eigenvalue weighted by molar-refractivity contribution is 6.24. The lowest BCUT2D eigenvalue weighted by Crippen LogP contribution is -2.34. The molecule has 2 fully saturated rings. The fourth-order valence-corrected chi connectivity index (χ4v) is 5.07. The summed E-state index contributed by atoms with van der Waals surface area (Å²) in [6.07, 6.45) is 4.77. The highest BCUT2D eigenvalue weighted by Crippen LogP contribution is 2.53. The molecule has 33 heavy (non-hydrogen) atoms. The molecule has 1 aliphatic heterocycles. The summed E-state index contributed by atoms with van der Waals surface area (Å²) in [6, 6.07) is 11.2. The van der Waals surface area contributed by atoms with Gasteiger partial charge in [-0.05, 0) is 30.4 Å². The number of hydrogen-bond donors (Lipinski definition) is 0. The number of hydrogen-bond acceptors (Lipinski definition) is 7. The molecule has 2 aliphatic carbocycles. The number of non-ortho nitro benzene ring substituents is 1. The van der Waals surface area contributed by atoms with E-state index in [0.717, 1.165) is 17.4 Å². The second kappa shape index (κ2) is 7.77. The van der Waals surface area contributed by atoms with Crippen LogP contribution < -0.4 is 4.90 Å². The molecule has 9 nitrogen and oxygen atoms in total. The van der Waals surface area contributed by atoms with Crippen LogP contribution in [0, 0.1) is 33.8 Å². The first-order chi connectivity index (χ1) is 15.9. The summed E-state index contributed by atoms with van der Waals surface area (Å²) < 4.78 is 5.14. The summed E-state index contributed by atoms with van der Waals surface area (Å²) in [5.41, 5.74) is -0.0935. The molecule has 4 atom stereocenters. The number of carbonyl (C=O) groups is 4. The van der Waals surface area contributed by atoms with Gasteiger partial charge in [-0.25, -0.2) is 9.69 Å². The maximum Gasteiger partial charge on any atom is 0.340 e. The minimum Gasteiger partial charge on any atom is -0.454 e. The Bertz CT molecular complexity index is 1220. The molecule has 2 aromatic rings. The number of anilines is 1. The third-order valence-corrected chi connectivity index (χ3v) is 6.55. The van der Waals surface area contributed by atoms with Crippen molar-refractivity contribution in [3.05, 3.63) is 81.9 Å². The lowest BCUT2D eigenvalue weighted by atomic mass is 9.85. The van der Waals surface area contributed by atoms with Crippen LogP contribution >= 0.6 is 0 Å². The maximum absolute atomic E-state index is 13.1. The molecule has 2 amide bonds. The fourth-order valence-electron chi connectivity index (χ4n) is 5.07. The maximum atomic E-state index is 13.1. The zero-order chi connectivity index (χ0) is 23.3. The molecule has 2 bridgehead atoms. The molecule has 2 aromatic carbocycles. The zero-order valence-electron chi connectivity index (χ0n) is 17.2. The topological polar surface area (TPSA) is 124 Å². The Morgan fingerprint density at radius 1 is 1.00 bits per heavy atom. The van der Waals surface area contributed by atoms with E-state index < -0.39 is 35.1 Å².